The van der Waals surface area contributed by atoms with E-state index < -0.39 is 5.60 Å². The highest BCUT2D eigenvalue weighted by Crippen LogP contribution is 2.25. The second-order valence-electron chi connectivity index (χ2n) is 6.40. The molecule has 0 atom stereocenters. The zero-order valence-corrected chi connectivity index (χ0v) is 15.1. The minimum atomic E-state index is -0.492. The first-order chi connectivity index (χ1) is 10.8. The summed E-state index contributed by atoms with van der Waals surface area (Å²) in [7, 11) is 0. The Labute approximate surface area is 144 Å². The maximum atomic E-state index is 12.0. The van der Waals surface area contributed by atoms with E-state index in [2.05, 4.69) is 20.9 Å². The van der Waals surface area contributed by atoms with Crippen LogP contribution in [0.25, 0.3) is 0 Å². The molecule has 1 aliphatic rings. The topological polar surface area (TPSA) is 75.4 Å². The molecule has 0 radical (unpaired) electrons. The Kier molecular flexibility index (Phi) is 5.47. The van der Waals surface area contributed by atoms with Crippen LogP contribution in [0.1, 0.15) is 39.3 Å². The fourth-order valence-electron chi connectivity index (χ4n) is 2.26. The molecule has 1 amide bonds. The maximum absolute atomic E-state index is 12.0. The number of hydrogen-bond donors (Lipinski definition) is 0. The molecule has 0 saturated carbocycles. The van der Waals surface area contributed by atoms with Crippen LogP contribution in [-0.2, 0) is 4.74 Å². The second kappa shape index (κ2) is 7.18. The van der Waals surface area contributed by atoms with Crippen LogP contribution in [0.2, 0.25) is 0 Å². The van der Waals surface area contributed by atoms with Crippen molar-refractivity contribution >= 4 is 22.0 Å². The third kappa shape index (κ3) is 5.10. The van der Waals surface area contributed by atoms with Crippen molar-refractivity contribution in [2.24, 2.45) is 0 Å². The number of carbonyl (C=O) groups is 1. The van der Waals surface area contributed by atoms with Gasteiger partial charge in [-0.15, -0.1) is 0 Å². The fraction of sp³-hybridized carbons (Fsp3) is 0.562. The summed E-state index contributed by atoms with van der Waals surface area (Å²) in [4.78, 5) is 17.7. The van der Waals surface area contributed by atoms with Crippen molar-refractivity contribution in [1.82, 2.24) is 9.88 Å². The van der Waals surface area contributed by atoms with Gasteiger partial charge in [0.25, 0.3) is 0 Å². The Bertz CT molecular complexity index is 614. The van der Waals surface area contributed by atoms with Crippen LogP contribution < -0.4 is 4.74 Å². The number of halogens is 1. The Morgan fingerprint density at radius 2 is 2.09 bits per heavy atom. The van der Waals surface area contributed by atoms with E-state index >= 15 is 0 Å². The molecule has 0 bridgehead atoms. The lowest BCUT2D eigenvalue weighted by atomic mass is 10.1. The van der Waals surface area contributed by atoms with Gasteiger partial charge in [-0.3, -0.25) is 0 Å². The Hall–Kier alpha value is -1.81. The average Bonchev–Trinajstić information content (AvgIpc) is 2.46. The van der Waals surface area contributed by atoms with E-state index in [0.717, 1.165) is 4.47 Å². The van der Waals surface area contributed by atoms with Gasteiger partial charge < -0.3 is 14.4 Å². The molecule has 1 aromatic rings. The lowest BCUT2D eigenvalue weighted by molar-refractivity contribution is 0.0126. The van der Waals surface area contributed by atoms with Crippen LogP contribution in [0.5, 0.6) is 5.75 Å². The molecule has 124 valence electrons. The summed E-state index contributed by atoms with van der Waals surface area (Å²) in [5, 5.41) is 9.08. The number of aromatic nitrogens is 1. The molecule has 7 heteroatoms. The van der Waals surface area contributed by atoms with Gasteiger partial charge in [-0.05, 0) is 42.8 Å². The van der Waals surface area contributed by atoms with Gasteiger partial charge in [0.2, 0.25) is 0 Å². The number of hydrogen-bond acceptors (Lipinski definition) is 5. The maximum Gasteiger partial charge on any atom is 0.410 e. The Balaban J connectivity index is 1.92. The number of nitrogens with zero attached hydrogens (tertiary/aromatic N) is 3. The van der Waals surface area contributed by atoms with Gasteiger partial charge in [0.1, 0.15) is 17.8 Å². The average molecular weight is 382 g/mol. The first-order valence-corrected chi connectivity index (χ1v) is 8.28. The number of ether oxygens (including phenoxy) is 2. The third-order valence-electron chi connectivity index (χ3n) is 3.31. The molecule has 0 N–H and O–H groups in total. The van der Waals surface area contributed by atoms with E-state index in [9.17, 15) is 4.79 Å². The number of piperidine rings is 1. The van der Waals surface area contributed by atoms with Gasteiger partial charge in [0, 0.05) is 36.6 Å². The van der Waals surface area contributed by atoms with Crippen molar-refractivity contribution in [1.29, 1.82) is 5.26 Å². The van der Waals surface area contributed by atoms with E-state index in [1.807, 2.05) is 26.8 Å². The molecule has 0 unspecified atom stereocenters. The number of carbonyl (C=O) groups excluding carboxylic acids is 1. The summed E-state index contributed by atoms with van der Waals surface area (Å²) in [6.45, 7) is 6.70. The lowest BCUT2D eigenvalue weighted by Crippen LogP contribution is -2.44. The highest BCUT2D eigenvalue weighted by molar-refractivity contribution is 9.10. The molecular formula is C16H20BrN3O3. The molecule has 2 rings (SSSR count). The number of rotatable bonds is 2. The summed E-state index contributed by atoms with van der Waals surface area (Å²) < 4.78 is 12.0. The monoisotopic (exact) mass is 381 g/mol. The number of nitriles is 1. The highest BCUT2D eigenvalue weighted by Gasteiger charge is 2.28. The largest absolute Gasteiger partial charge is 0.487 e. The first-order valence-electron chi connectivity index (χ1n) is 7.49. The lowest BCUT2D eigenvalue weighted by Gasteiger charge is -2.33. The Morgan fingerprint density at radius 1 is 1.43 bits per heavy atom. The summed E-state index contributed by atoms with van der Waals surface area (Å²) in [6, 6.07) is 3.77. The normalized spacial score (nSPS) is 15.9. The Morgan fingerprint density at radius 3 is 2.65 bits per heavy atom. The van der Waals surface area contributed by atoms with E-state index in [1.165, 1.54) is 0 Å². The van der Waals surface area contributed by atoms with Crippen molar-refractivity contribution in [2.75, 3.05) is 13.1 Å². The summed E-state index contributed by atoms with van der Waals surface area (Å²) >= 11 is 3.33. The van der Waals surface area contributed by atoms with Crippen molar-refractivity contribution in [3.63, 3.8) is 0 Å². The minimum Gasteiger partial charge on any atom is -0.487 e. The zero-order chi connectivity index (χ0) is 17.0. The SMILES string of the molecule is CC(C)(C)OC(=O)N1CCC(Oc2cc(Br)cnc2C#N)CC1. The summed E-state index contributed by atoms with van der Waals surface area (Å²) in [6.07, 6.45) is 2.61. The van der Waals surface area contributed by atoms with Crippen molar-refractivity contribution in [2.45, 2.75) is 45.3 Å². The van der Waals surface area contributed by atoms with Gasteiger partial charge in [0.05, 0.1) is 0 Å². The summed E-state index contributed by atoms with van der Waals surface area (Å²) in [5.41, 5.74) is -0.225. The molecule has 0 spiro atoms. The van der Waals surface area contributed by atoms with E-state index in [0.29, 0.717) is 31.7 Å². The van der Waals surface area contributed by atoms with E-state index in [1.54, 1.807) is 17.2 Å². The van der Waals surface area contributed by atoms with Crippen LogP contribution in [-0.4, -0.2) is 40.8 Å². The standard InChI is InChI=1S/C16H20BrN3O3/c1-16(2,3)23-15(21)20-6-4-12(5-7-20)22-14-8-11(17)10-19-13(14)9-18/h8,10,12H,4-7H2,1-3H3. The van der Waals surface area contributed by atoms with Crippen LogP contribution in [0.3, 0.4) is 0 Å². The molecule has 2 heterocycles. The fourth-order valence-corrected chi connectivity index (χ4v) is 2.57. The highest BCUT2D eigenvalue weighted by atomic mass is 79.9. The van der Waals surface area contributed by atoms with Gasteiger partial charge in [-0.25, -0.2) is 9.78 Å². The zero-order valence-electron chi connectivity index (χ0n) is 13.5. The number of amides is 1. The predicted molar refractivity (Wildman–Crippen MR) is 88.1 cm³/mol. The predicted octanol–water partition coefficient (Wildman–Crippen LogP) is 3.49. The molecule has 1 fully saturated rings. The molecule has 0 aromatic carbocycles. The van der Waals surface area contributed by atoms with Crippen LogP contribution in [0, 0.1) is 11.3 Å². The minimum absolute atomic E-state index is 0.0445. The smallest absolute Gasteiger partial charge is 0.410 e. The van der Waals surface area contributed by atoms with Crippen molar-refractivity contribution in [3.8, 4) is 11.8 Å². The second-order valence-corrected chi connectivity index (χ2v) is 7.31. The molecule has 0 aliphatic carbocycles. The third-order valence-corrected chi connectivity index (χ3v) is 3.75. The molecule has 1 aromatic heterocycles. The van der Waals surface area contributed by atoms with E-state index in [-0.39, 0.29) is 17.9 Å². The number of pyridine rings is 1. The molecule has 23 heavy (non-hydrogen) atoms. The molecule has 1 saturated heterocycles. The van der Waals surface area contributed by atoms with Gasteiger partial charge >= 0.3 is 6.09 Å². The number of likely N-dealkylation sites (tertiary alicyclic amines) is 1. The molecule has 1 aliphatic heterocycles. The summed E-state index contributed by atoms with van der Waals surface area (Å²) in [5.74, 6) is 0.470. The van der Waals surface area contributed by atoms with Crippen LogP contribution >= 0.6 is 15.9 Å². The van der Waals surface area contributed by atoms with Gasteiger partial charge in [-0.1, -0.05) is 0 Å². The molecule has 6 nitrogen and oxygen atoms in total. The van der Waals surface area contributed by atoms with Crippen molar-refractivity contribution in [3.05, 3.63) is 22.4 Å². The van der Waals surface area contributed by atoms with E-state index in [4.69, 9.17) is 14.7 Å². The van der Waals surface area contributed by atoms with Crippen LogP contribution in [0.4, 0.5) is 4.79 Å². The van der Waals surface area contributed by atoms with Gasteiger partial charge in [0.15, 0.2) is 11.4 Å². The van der Waals surface area contributed by atoms with Gasteiger partial charge in [-0.2, -0.15) is 5.26 Å². The van der Waals surface area contributed by atoms with Crippen LogP contribution in [0.15, 0.2) is 16.7 Å². The van der Waals surface area contributed by atoms with Crippen molar-refractivity contribution < 1.29 is 14.3 Å². The molecular weight excluding hydrogens is 362 g/mol. The quantitative estimate of drug-likeness (QED) is 0.783. The first kappa shape index (κ1) is 17.5.